The summed E-state index contributed by atoms with van der Waals surface area (Å²) in [6, 6.07) is 3.20. The monoisotopic (exact) mass is 289 g/mol. The van der Waals surface area contributed by atoms with Crippen LogP contribution in [0.1, 0.15) is 18.4 Å². The second kappa shape index (κ2) is 4.95. The minimum Gasteiger partial charge on any atom is -0.398 e. The fourth-order valence-electron chi connectivity index (χ4n) is 1.95. The van der Waals surface area contributed by atoms with Crippen molar-refractivity contribution in [2.45, 2.75) is 19.8 Å². The summed E-state index contributed by atoms with van der Waals surface area (Å²) in [6.45, 7) is 2.92. The Labute approximate surface area is 112 Å². The normalized spacial score (nSPS) is 17.0. The fraction of sp³-hybridized carbons (Fsp3) is 0.455. The zero-order chi connectivity index (χ0) is 13.3. The number of aryl methyl sites for hydroxylation is 1. The number of hydrogen-bond donors (Lipinski definition) is 2. The first-order valence-electron chi connectivity index (χ1n) is 5.73. The van der Waals surface area contributed by atoms with Crippen molar-refractivity contribution in [1.82, 2.24) is 4.31 Å². The highest BCUT2D eigenvalue weighted by atomic mass is 35.5. The van der Waals surface area contributed by atoms with Gasteiger partial charge in [0.15, 0.2) is 0 Å². The minimum atomic E-state index is -3.48. The van der Waals surface area contributed by atoms with Gasteiger partial charge in [-0.25, -0.2) is 0 Å². The fourth-order valence-corrected chi connectivity index (χ4v) is 3.48. The van der Waals surface area contributed by atoms with Crippen molar-refractivity contribution in [3.8, 4) is 0 Å². The smallest absolute Gasteiger partial charge is 0.301 e. The second-order valence-electron chi connectivity index (χ2n) is 4.40. The first-order valence-corrected chi connectivity index (χ1v) is 7.55. The molecule has 1 aromatic carbocycles. The number of nitrogens with zero attached hydrogens (tertiary/aromatic N) is 1. The van der Waals surface area contributed by atoms with Crippen molar-refractivity contribution in [3.63, 3.8) is 0 Å². The van der Waals surface area contributed by atoms with Crippen LogP contribution in [0.25, 0.3) is 0 Å². The third-order valence-electron chi connectivity index (χ3n) is 2.99. The van der Waals surface area contributed by atoms with Gasteiger partial charge in [0.25, 0.3) is 0 Å². The molecule has 1 saturated heterocycles. The lowest BCUT2D eigenvalue weighted by Crippen LogP contribution is -2.33. The maximum atomic E-state index is 12.1. The molecular formula is C11H16ClN3O2S. The van der Waals surface area contributed by atoms with E-state index in [0.29, 0.717) is 29.5 Å². The summed E-state index contributed by atoms with van der Waals surface area (Å²) in [4.78, 5) is 0. The molecule has 18 heavy (non-hydrogen) atoms. The van der Waals surface area contributed by atoms with Gasteiger partial charge in [0, 0.05) is 13.1 Å². The van der Waals surface area contributed by atoms with Gasteiger partial charge < -0.3 is 5.73 Å². The van der Waals surface area contributed by atoms with Gasteiger partial charge in [-0.2, -0.15) is 12.7 Å². The molecule has 1 aromatic rings. The Kier molecular flexibility index (Phi) is 3.70. The molecule has 0 saturated carbocycles. The predicted molar refractivity (Wildman–Crippen MR) is 74.0 cm³/mol. The molecule has 1 aliphatic heterocycles. The number of benzene rings is 1. The predicted octanol–water partition coefficient (Wildman–Crippen LogP) is 1.98. The zero-order valence-electron chi connectivity index (χ0n) is 10.1. The summed E-state index contributed by atoms with van der Waals surface area (Å²) in [7, 11) is -3.48. The molecule has 1 heterocycles. The van der Waals surface area contributed by atoms with Crippen LogP contribution in [0.2, 0.25) is 5.02 Å². The molecule has 7 heteroatoms. The summed E-state index contributed by atoms with van der Waals surface area (Å²) in [5.41, 5.74) is 7.32. The number of nitrogens with one attached hydrogen (secondary N) is 1. The number of rotatable bonds is 3. The molecule has 0 unspecified atom stereocenters. The molecule has 3 N–H and O–H groups in total. The number of nitrogens with two attached hydrogens (primary N) is 1. The molecule has 0 aliphatic carbocycles. The minimum absolute atomic E-state index is 0.347. The number of hydrogen-bond acceptors (Lipinski definition) is 3. The van der Waals surface area contributed by atoms with Crippen molar-refractivity contribution in [2.24, 2.45) is 0 Å². The van der Waals surface area contributed by atoms with E-state index < -0.39 is 10.2 Å². The van der Waals surface area contributed by atoms with E-state index in [0.717, 1.165) is 18.4 Å². The summed E-state index contributed by atoms with van der Waals surface area (Å²) < 4.78 is 28.2. The van der Waals surface area contributed by atoms with Crippen LogP contribution in [0.5, 0.6) is 0 Å². The Morgan fingerprint density at radius 2 is 1.94 bits per heavy atom. The molecule has 1 aliphatic rings. The SMILES string of the molecule is Cc1cc(N)c(Cl)cc1NS(=O)(=O)N1CCCC1. The van der Waals surface area contributed by atoms with E-state index in [9.17, 15) is 8.42 Å². The van der Waals surface area contributed by atoms with E-state index in [-0.39, 0.29) is 0 Å². The van der Waals surface area contributed by atoms with Gasteiger partial charge >= 0.3 is 10.2 Å². The van der Waals surface area contributed by atoms with Gasteiger partial charge in [-0.15, -0.1) is 0 Å². The highest BCUT2D eigenvalue weighted by molar-refractivity contribution is 7.90. The highest BCUT2D eigenvalue weighted by Gasteiger charge is 2.25. The van der Waals surface area contributed by atoms with Crippen molar-refractivity contribution in [2.75, 3.05) is 23.5 Å². The zero-order valence-corrected chi connectivity index (χ0v) is 11.7. The van der Waals surface area contributed by atoms with E-state index >= 15 is 0 Å². The first-order chi connectivity index (χ1) is 8.40. The Morgan fingerprint density at radius 1 is 1.33 bits per heavy atom. The van der Waals surface area contributed by atoms with Crippen LogP contribution < -0.4 is 10.5 Å². The molecule has 0 bridgehead atoms. The van der Waals surface area contributed by atoms with E-state index in [1.807, 2.05) is 0 Å². The van der Waals surface area contributed by atoms with Crippen LogP contribution in [-0.4, -0.2) is 25.8 Å². The third-order valence-corrected chi connectivity index (χ3v) is 4.84. The van der Waals surface area contributed by atoms with Crippen LogP contribution in [-0.2, 0) is 10.2 Å². The lowest BCUT2D eigenvalue weighted by atomic mass is 10.2. The average molecular weight is 290 g/mol. The molecule has 1 fully saturated rings. The van der Waals surface area contributed by atoms with Crippen molar-refractivity contribution < 1.29 is 8.42 Å². The molecule has 5 nitrogen and oxygen atoms in total. The maximum Gasteiger partial charge on any atom is 0.301 e. The summed E-state index contributed by atoms with van der Waals surface area (Å²) in [5.74, 6) is 0. The van der Waals surface area contributed by atoms with Crippen LogP contribution in [0.3, 0.4) is 0 Å². The molecule has 0 radical (unpaired) electrons. The molecule has 0 aromatic heterocycles. The molecule has 100 valence electrons. The van der Waals surface area contributed by atoms with E-state index in [1.165, 1.54) is 4.31 Å². The maximum absolute atomic E-state index is 12.1. The number of nitrogen functional groups attached to an aromatic ring is 1. The Balaban J connectivity index is 2.26. The van der Waals surface area contributed by atoms with Crippen molar-refractivity contribution in [1.29, 1.82) is 0 Å². The topological polar surface area (TPSA) is 75.4 Å². The van der Waals surface area contributed by atoms with Gasteiger partial charge in [0.2, 0.25) is 0 Å². The Hall–Kier alpha value is -0.980. The van der Waals surface area contributed by atoms with Crippen molar-refractivity contribution >= 4 is 33.2 Å². The highest BCUT2D eigenvalue weighted by Crippen LogP contribution is 2.28. The molecule has 2 rings (SSSR count). The summed E-state index contributed by atoms with van der Waals surface area (Å²) in [6.07, 6.45) is 1.81. The van der Waals surface area contributed by atoms with Gasteiger partial charge in [-0.3, -0.25) is 4.72 Å². The average Bonchev–Trinajstić information content (AvgIpc) is 2.79. The van der Waals surface area contributed by atoms with Crippen LogP contribution in [0.4, 0.5) is 11.4 Å². The van der Waals surface area contributed by atoms with Gasteiger partial charge in [-0.1, -0.05) is 11.6 Å². The third kappa shape index (κ3) is 2.71. The van der Waals surface area contributed by atoms with Gasteiger partial charge in [0.1, 0.15) is 0 Å². The van der Waals surface area contributed by atoms with E-state index in [1.54, 1.807) is 19.1 Å². The second-order valence-corrected chi connectivity index (χ2v) is 6.48. The lowest BCUT2D eigenvalue weighted by Gasteiger charge is -2.18. The molecule has 0 spiro atoms. The van der Waals surface area contributed by atoms with E-state index in [2.05, 4.69) is 4.72 Å². The standard InChI is InChI=1S/C11H16ClN3O2S/c1-8-6-10(13)9(12)7-11(8)14-18(16,17)15-4-2-3-5-15/h6-7,14H,2-5,13H2,1H3. The Morgan fingerprint density at radius 3 is 2.56 bits per heavy atom. The van der Waals surface area contributed by atoms with Gasteiger partial charge in [-0.05, 0) is 37.5 Å². The van der Waals surface area contributed by atoms with Gasteiger partial charge in [0.05, 0.1) is 16.4 Å². The molecule has 0 amide bonds. The van der Waals surface area contributed by atoms with Crippen LogP contribution >= 0.6 is 11.6 Å². The van der Waals surface area contributed by atoms with E-state index in [4.69, 9.17) is 17.3 Å². The Bertz CT molecular complexity index is 554. The molecule has 0 atom stereocenters. The molecular weight excluding hydrogens is 274 g/mol. The van der Waals surface area contributed by atoms with Crippen LogP contribution in [0, 0.1) is 6.92 Å². The summed E-state index contributed by atoms with van der Waals surface area (Å²) in [5, 5.41) is 0.347. The quantitative estimate of drug-likeness (QED) is 0.836. The largest absolute Gasteiger partial charge is 0.398 e. The number of halogens is 1. The van der Waals surface area contributed by atoms with Crippen molar-refractivity contribution in [3.05, 3.63) is 22.7 Å². The number of anilines is 2. The summed E-state index contributed by atoms with van der Waals surface area (Å²) >= 11 is 5.90. The first kappa shape index (κ1) is 13.5. The van der Waals surface area contributed by atoms with Crippen LogP contribution in [0.15, 0.2) is 12.1 Å². The lowest BCUT2D eigenvalue weighted by molar-refractivity contribution is 0.482.